The largest absolute Gasteiger partial charge is 0.573 e. The number of benzene rings is 1. The van der Waals surface area contributed by atoms with E-state index in [1.807, 2.05) is 0 Å². The molecule has 3 heterocycles. The lowest BCUT2D eigenvalue weighted by Crippen LogP contribution is -2.30. The van der Waals surface area contributed by atoms with E-state index in [0.717, 1.165) is 12.1 Å². The maximum atomic E-state index is 12.9. The number of carbonyl (C=O) groups excluding carboxylic acids is 2. The topological polar surface area (TPSA) is 98.6 Å². The average molecular weight is 482 g/mol. The van der Waals surface area contributed by atoms with Crippen molar-refractivity contribution in [3.63, 3.8) is 0 Å². The Morgan fingerprint density at radius 3 is 2.58 bits per heavy atom. The number of halogens is 4. The Bertz CT molecular complexity index is 1230. The fourth-order valence-electron chi connectivity index (χ4n) is 3.22. The number of nitrogens with one attached hydrogen (secondary N) is 1. The fourth-order valence-corrected chi connectivity index (χ4v) is 3.38. The van der Waals surface area contributed by atoms with Crippen molar-refractivity contribution >= 4 is 23.4 Å². The molecule has 1 fully saturated rings. The normalized spacial score (nSPS) is 13.7. The number of ether oxygens (including phenoxy) is 2. The molecule has 0 aliphatic carbocycles. The van der Waals surface area contributed by atoms with Crippen LogP contribution in [0.5, 0.6) is 11.5 Å². The number of amides is 2. The van der Waals surface area contributed by atoms with Gasteiger partial charge in [-0.1, -0.05) is 11.6 Å². The summed E-state index contributed by atoms with van der Waals surface area (Å²) in [7, 11) is 1.29. The van der Waals surface area contributed by atoms with Crippen molar-refractivity contribution in [2.45, 2.75) is 6.36 Å². The van der Waals surface area contributed by atoms with Crippen molar-refractivity contribution in [2.24, 2.45) is 0 Å². The monoisotopic (exact) mass is 481 g/mol. The molecule has 0 spiro atoms. The number of hydrogen-bond acceptors (Lipinski definition) is 6. The zero-order valence-electron chi connectivity index (χ0n) is 16.9. The van der Waals surface area contributed by atoms with Gasteiger partial charge in [0.05, 0.1) is 25.2 Å². The molecule has 0 radical (unpaired) electrons. The number of aromatic nitrogens is 3. The summed E-state index contributed by atoms with van der Waals surface area (Å²) in [6.07, 6.45) is -3.50. The van der Waals surface area contributed by atoms with Crippen LogP contribution in [0, 0.1) is 0 Å². The molecule has 0 bridgehead atoms. The van der Waals surface area contributed by atoms with Crippen LogP contribution in [0.15, 0.2) is 42.6 Å². The second kappa shape index (κ2) is 8.62. The SMILES string of the molecule is COc1cc(OC(F)(F)F)cc(-c2cc(C(=O)N3CNC(=O)C3)nn2-c2ccnc(Cl)c2)c1. The van der Waals surface area contributed by atoms with E-state index in [9.17, 15) is 22.8 Å². The van der Waals surface area contributed by atoms with Crippen LogP contribution in [0.2, 0.25) is 5.15 Å². The predicted octanol–water partition coefficient (Wildman–Crippen LogP) is 3.02. The number of hydrogen-bond donors (Lipinski definition) is 1. The van der Waals surface area contributed by atoms with Crippen molar-refractivity contribution < 1.29 is 32.2 Å². The van der Waals surface area contributed by atoms with E-state index in [1.54, 1.807) is 6.07 Å². The number of methoxy groups -OCH3 is 1. The maximum absolute atomic E-state index is 12.9. The Morgan fingerprint density at radius 1 is 1.18 bits per heavy atom. The van der Waals surface area contributed by atoms with Crippen LogP contribution in [0.4, 0.5) is 13.2 Å². The summed E-state index contributed by atoms with van der Waals surface area (Å²) < 4.78 is 49.0. The Hall–Kier alpha value is -3.80. The molecule has 1 N–H and O–H groups in total. The Balaban J connectivity index is 1.84. The minimum Gasteiger partial charge on any atom is -0.497 e. The van der Waals surface area contributed by atoms with Gasteiger partial charge < -0.3 is 19.7 Å². The molecule has 13 heteroatoms. The minimum absolute atomic E-state index is 0.0175. The molecule has 1 saturated heterocycles. The lowest BCUT2D eigenvalue weighted by molar-refractivity contribution is -0.274. The number of nitrogens with zero attached hydrogens (tertiary/aromatic N) is 4. The molecule has 2 aromatic heterocycles. The van der Waals surface area contributed by atoms with Gasteiger partial charge in [-0.05, 0) is 24.3 Å². The van der Waals surface area contributed by atoms with Gasteiger partial charge in [0.2, 0.25) is 5.91 Å². The zero-order valence-corrected chi connectivity index (χ0v) is 17.6. The highest BCUT2D eigenvalue weighted by Gasteiger charge is 2.32. The molecule has 1 aliphatic rings. The molecule has 2 amide bonds. The second-order valence-corrected chi connectivity index (χ2v) is 7.26. The third-order valence-corrected chi connectivity index (χ3v) is 4.82. The van der Waals surface area contributed by atoms with Gasteiger partial charge in [-0.15, -0.1) is 13.2 Å². The molecule has 1 aromatic carbocycles. The number of pyridine rings is 1. The first kappa shape index (κ1) is 22.4. The maximum Gasteiger partial charge on any atom is 0.573 e. The molecule has 1 aliphatic heterocycles. The smallest absolute Gasteiger partial charge is 0.497 e. The molecule has 33 heavy (non-hydrogen) atoms. The Morgan fingerprint density at radius 2 is 1.94 bits per heavy atom. The molecule has 4 rings (SSSR count). The van der Waals surface area contributed by atoms with E-state index in [4.69, 9.17) is 16.3 Å². The molecular weight excluding hydrogens is 467 g/mol. The Kier molecular flexibility index (Phi) is 5.85. The van der Waals surface area contributed by atoms with Crippen LogP contribution >= 0.6 is 11.6 Å². The van der Waals surface area contributed by atoms with E-state index >= 15 is 0 Å². The summed E-state index contributed by atoms with van der Waals surface area (Å²) in [5.41, 5.74) is 0.852. The highest BCUT2D eigenvalue weighted by Crippen LogP contribution is 2.34. The molecule has 0 saturated carbocycles. The van der Waals surface area contributed by atoms with Crippen molar-refractivity contribution in [1.82, 2.24) is 25.0 Å². The number of rotatable bonds is 5. The van der Waals surface area contributed by atoms with E-state index in [-0.39, 0.29) is 47.0 Å². The summed E-state index contributed by atoms with van der Waals surface area (Å²) in [6, 6.07) is 8.11. The summed E-state index contributed by atoms with van der Waals surface area (Å²) in [5, 5.41) is 6.99. The van der Waals surface area contributed by atoms with Crippen LogP contribution in [0.3, 0.4) is 0 Å². The van der Waals surface area contributed by atoms with Gasteiger partial charge in [-0.25, -0.2) is 9.67 Å². The van der Waals surface area contributed by atoms with Gasteiger partial charge in [-0.2, -0.15) is 5.10 Å². The summed E-state index contributed by atoms with van der Waals surface area (Å²) in [4.78, 5) is 29.5. The highest BCUT2D eigenvalue weighted by atomic mass is 35.5. The molecule has 172 valence electrons. The van der Waals surface area contributed by atoms with Gasteiger partial charge in [0.25, 0.3) is 5.91 Å². The first-order valence-electron chi connectivity index (χ1n) is 9.36. The van der Waals surface area contributed by atoms with Gasteiger partial charge in [0, 0.05) is 23.9 Å². The average Bonchev–Trinajstić information content (AvgIpc) is 3.38. The van der Waals surface area contributed by atoms with Crippen LogP contribution in [-0.2, 0) is 4.79 Å². The number of alkyl halides is 3. The summed E-state index contributed by atoms with van der Waals surface area (Å²) >= 11 is 5.99. The molecule has 9 nitrogen and oxygen atoms in total. The van der Waals surface area contributed by atoms with E-state index < -0.39 is 18.0 Å². The number of carbonyl (C=O) groups is 2. The molecular formula is C20H15ClF3N5O4. The minimum atomic E-state index is -4.92. The Labute approximate surface area is 189 Å². The lowest BCUT2D eigenvalue weighted by Gasteiger charge is -2.13. The van der Waals surface area contributed by atoms with Gasteiger partial charge in [0.15, 0.2) is 5.69 Å². The van der Waals surface area contributed by atoms with Crippen LogP contribution < -0.4 is 14.8 Å². The van der Waals surface area contributed by atoms with Crippen molar-refractivity contribution in [1.29, 1.82) is 0 Å². The predicted molar refractivity (Wildman–Crippen MR) is 109 cm³/mol. The standard InChI is InChI=1S/C20H15ClF3N5O4/c1-32-13-4-11(5-14(7-13)33-20(22,23)24)16-8-15(19(31)28-9-18(30)26-10-28)27-29(16)12-2-3-25-17(21)6-12/h2-8H,9-10H2,1H3,(H,26,30). The van der Waals surface area contributed by atoms with Gasteiger partial charge in [0.1, 0.15) is 23.2 Å². The second-order valence-electron chi connectivity index (χ2n) is 6.87. The van der Waals surface area contributed by atoms with Gasteiger partial charge >= 0.3 is 6.36 Å². The van der Waals surface area contributed by atoms with Crippen LogP contribution in [-0.4, -0.2) is 58.2 Å². The zero-order chi connectivity index (χ0) is 23.8. The molecule has 0 atom stereocenters. The fraction of sp³-hybridized carbons (Fsp3) is 0.200. The van der Waals surface area contributed by atoms with E-state index in [0.29, 0.717) is 5.69 Å². The summed E-state index contributed by atoms with van der Waals surface area (Å²) in [5.74, 6) is -1.28. The van der Waals surface area contributed by atoms with Gasteiger partial charge in [-0.3, -0.25) is 9.59 Å². The first-order valence-corrected chi connectivity index (χ1v) is 9.74. The molecule has 3 aromatic rings. The third-order valence-electron chi connectivity index (χ3n) is 4.62. The molecule has 0 unspecified atom stereocenters. The first-order chi connectivity index (χ1) is 15.6. The van der Waals surface area contributed by atoms with Crippen molar-refractivity contribution in [3.8, 4) is 28.4 Å². The van der Waals surface area contributed by atoms with Crippen LogP contribution in [0.1, 0.15) is 10.5 Å². The van der Waals surface area contributed by atoms with Crippen molar-refractivity contribution in [3.05, 3.63) is 53.4 Å². The summed E-state index contributed by atoms with van der Waals surface area (Å²) in [6.45, 7) is -0.117. The third kappa shape index (κ3) is 5.00. The van der Waals surface area contributed by atoms with E-state index in [2.05, 4.69) is 20.1 Å². The van der Waals surface area contributed by atoms with E-state index in [1.165, 1.54) is 41.1 Å². The quantitative estimate of drug-likeness (QED) is 0.562. The van der Waals surface area contributed by atoms with Crippen LogP contribution in [0.25, 0.3) is 16.9 Å². The van der Waals surface area contributed by atoms with Crippen molar-refractivity contribution in [2.75, 3.05) is 20.3 Å². The lowest BCUT2D eigenvalue weighted by atomic mass is 10.1. The highest BCUT2D eigenvalue weighted by molar-refractivity contribution is 6.29.